The van der Waals surface area contributed by atoms with E-state index in [1.165, 1.54) is 18.2 Å². The van der Waals surface area contributed by atoms with Gasteiger partial charge in [0.2, 0.25) is 0 Å². The van der Waals surface area contributed by atoms with Crippen LogP contribution >= 0.6 is 0 Å². The highest BCUT2D eigenvalue weighted by Gasteiger charge is 2.14. The van der Waals surface area contributed by atoms with Gasteiger partial charge in [0.1, 0.15) is 11.6 Å². The van der Waals surface area contributed by atoms with Gasteiger partial charge in [-0.2, -0.15) is 0 Å². The van der Waals surface area contributed by atoms with Gasteiger partial charge in [-0.15, -0.1) is 0 Å². The Balaban J connectivity index is 3.12. The van der Waals surface area contributed by atoms with Crippen LogP contribution in [-0.4, -0.2) is 16.8 Å². The molecule has 0 fully saturated rings. The molecule has 0 radical (unpaired) electrons. The molecule has 0 unspecified atom stereocenters. The van der Waals surface area contributed by atoms with Crippen molar-refractivity contribution in [3.8, 4) is 5.75 Å². The first-order chi connectivity index (χ1) is 5.66. The number of phenols is 1. The van der Waals surface area contributed by atoms with Crippen LogP contribution < -0.4 is 5.73 Å². The molecule has 0 bridgehead atoms. The zero-order valence-electron chi connectivity index (χ0n) is 6.37. The maximum absolute atomic E-state index is 12.9. The molecule has 0 heterocycles. The predicted molar refractivity (Wildman–Crippen MR) is 42.1 cm³/mol. The lowest BCUT2D eigenvalue weighted by Crippen LogP contribution is -2.16. The third-order valence-electron chi connectivity index (χ3n) is 1.60. The van der Waals surface area contributed by atoms with Gasteiger partial charge in [-0.05, 0) is 12.1 Å². The fourth-order valence-corrected chi connectivity index (χ4v) is 0.984. The Labute approximate surface area is 69.3 Å². The van der Waals surface area contributed by atoms with Crippen molar-refractivity contribution in [2.45, 2.75) is 6.04 Å². The maximum Gasteiger partial charge on any atom is 0.131 e. The fraction of sp³-hybridized carbons (Fsp3) is 0.250. The lowest BCUT2D eigenvalue weighted by Gasteiger charge is -2.10. The largest absolute Gasteiger partial charge is 0.507 e. The van der Waals surface area contributed by atoms with Gasteiger partial charge >= 0.3 is 0 Å². The summed E-state index contributed by atoms with van der Waals surface area (Å²) in [5.74, 6) is -0.826. The van der Waals surface area contributed by atoms with Crippen molar-refractivity contribution in [1.29, 1.82) is 0 Å². The van der Waals surface area contributed by atoms with Crippen molar-refractivity contribution >= 4 is 0 Å². The lowest BCUT2D eigenvalue weighted by molar-refractivity contribution is 0.262. The summed E-state index contributed by atoms with van der Waals surface area (Å²) in [5.41, 5.74) is 5.30. The van der Waals surface area contributed by atoms with Crippen molar-refractivity contribution in [3.63, 3.8) is 0 Å². The molecule has 0 aliphatic heterocycles. The van der Waals surface area contributed by atoms with Gasteiger partial charge in [0.15, 0.2) is 0 Å². The molecule has 0 aromatic heterocycles. The van der Waals surface area contributed by atoms with Gasteiger partial charge in [-0.1, -0.05) is 6.07 Å². The molecule has 0 saturated carbocycles. The van der Waals surface area contributed by atoms with E-state index in [4.69, 9.17) is 15.9 Å². The smallest absolute Gasteiger partial charge is 0.131 e. The zero-order chi connectivity index (χ0) is 9.14. The summed E-state index contributed by atoms with van der Waals surface area (Å²) >= 11 is 0. The molecule has 0 amide bonds. The topological polar surface area (TPSA) is 66.5 Å². The number of hydrogen-bond acceptors (Lipinski definition) is 3. The number of rotatable bonds is 2. The number of halogens is 1. The molecule has 12 heavy (non-hydrogen) atoms. The Morgan fingerprint density at radius 3 is 2.67 bits per heavy atom. The van der Waals surface area contributed by atoms with Crippen LogP contribution in [0.4, 0.5) is 4.39 Å². The molecule has 0 aliphatic rings. The Hall–Kier alpha value is -1.13. The van der Waals surface area contributed by atoms with Gasteiger partial charge in [0.05, 0.1) is 12.6 Å². The first-order valence-corrected chi connectivity index (χ1v) is 3.50. The molecule has 0 spiro atoms. The van der Waals surface area contributed by atoms with E-state index in [0.29, 0.717) is 0 Å². The van der Waals surface area contributed by atoms with Gasteiger partial charge in [-0.3, -0.25) is 0 Å². The SMILES string of the molecule is N[C@@H](CO)c1c(O)cccc1F. The van der Waals surface area contributed by atoms with Crippen molar-refractivity contribution in [2.75, 3.05) is 6.61 Å². The van der Waals surface area contributed by atoms with E-state index in [1.54, 1.807) is 0 Å². The van der Waals surface area contributed by atoms with E-state index in [2.05, 4.69) is 0 Å². The maximum atomic E-state index is 12.9. The summed E-state index contributed by atoms with van der Waals surface area (Å²) in [4.78, 5) is 0. The second kappa shape index (κ2) is 3.51. The number of phenolic OH excluding ortho intramolecular Hbond substituents is 1. The third kappa shape index (κ3) is 1.54. The summed E-state index contributed by atoms with van der Waals surface area (Å²) < 4.78 is 12.9. The third-order valence-corrected chi connectivity index (χ3v) is 1.60. The van der Waals surface area contributed by atoms with Crippen LogP contribution in [0.25, 0.3) is 0 Å². The summed E-state index contributed by atoms with van der Waals surface area (Å²) in [6.07, 6.45) is 0. The van der Waals surface area contributed by atoms with Gasteiger partial charge in [-0.25, -0.2) is 4.39 Å². The molecule has 0 saturated heterocycles. The monoisotopic (exact) mass is 171 g/mol. The second-order valence-electron chi connectivity index (χ2n) is 2.46. The van der Waals surface area contributed by atoms with Crippen LogP contribution in [0.5, 0.6) is 5.75 Å². The predicted octanol–water partition coefficient (Wildman–Crippen LogP) is 0.523. The molecule has 3 nitrogen and oxygen atoms in total. The number of aliphatic hydroxyl groups is 1. The minimum Gasteiger partial charge on any atom is -0.507 e. The average Bonchev–Trinajstić information content (AvgIpc) is 2.03. The quantitative estimate of drug-likeness (QED) is 0.607. The van der Waals surface area contributed by atoms with Crippen LogP contribution in [-0.2, 0) is 0 Å². The van der Waals surface area contributed by atoms with E-state index in [0.717, 1.165) is 0 Å². The lowest BCUT2D eigenvalue weighted by atomic mass is 10.1. The summed E-state index contributed by atoms with van der Waals surface area (Å²) in [7, 11) is 0. The molecule has 1 aromatic carbocycles. The molecular weight excluding hydrogens is 161 g/mol. The van der Waals surface area contributed by atoms with E-state index in [1.807, 2.05) is 0 Å². The molecule has 4 N–H and O–H groups in total. The number of nitrogens with two attached hydrogens (primary N) is 1. The van der Waals surface area contributed by atoms with E-state index >= 15 is 0 Å². The number of aromatic hydroxyl groups is 1. The molecule has 66 valence electrons. The van der Waals surface area contributed by atoms with E-state index < -0.39 is 18.5 Å². The van der Waals surface area contributed by atoms with Crippen molar-refractivity contribution in [3.05, 3.63) is 29.6 Å². The van der Waals surface area contributed by atoms with Gasteiger partial charge < -0.3 is 15.9 Å². The Morgan fingerprint density at radius 1 is 1.50 bits per heavy atom. The highest BCUT2D eigenvalue weighted by molar-refractivity contribution is 5.35. The summed E-state index contributed by atoms with van der Waals surface area (Å²) in [6, 6.07) is 3.02. The minimum absolute atomic E-state index is 0.0417. The highest BCUT2D eigenvalue weighted by atomic mass is 19.1. The number of benzene rings is 1. The van der Waals surface area contributed by atoms with Gasteiger partial charge in [0, 0.05) is 5.56 Å². The van der Waals surface area contributed by atoms with Crippen molar-refractivity contribution < 1.29 is 14.6 Å². The number of hydrogen-bond donors (Lipinski definition) is 3. The highest BCUT2D eigenvalue weighted by Crippen LogP contribution is 2.24. The Kier molecular flexibility index (Phi) is 2.62. The van der Waals surface area contributed by atoms with Crippen LogP contribution in [0.1, 0.15) is 11.6 Å². The molecular formula is C8H10FNO2. The molecule has 0 aliphatic carbocycles. The second-order valence-corrected chi connectivity index (χ2v) is 2.46. The van der Waals surface area contributed by atoms with Gasteiger partial charge in [0.25, 0.3) is 0 Å². The Morgan fingerprint density at radius 2 is 2.17 bits per heavy atom. The zero-order valence-corrected chi connectivity index (χ0v) is 6.37. The first kappa shape index (κ1) is 8.96. The fourth-order valence-electron chi connectivity index (χ4n) is 0.984. The van der Waals surface area contributed by atoms with Crippen molar-refractivity contribution in [2.24, 2.45) is 5.73 Å². The summed E-state index contributed by atoms with van der Waals surface area (Å²) in [6.45, 7) is -0.394. The average molecular weight is 171 g/mol. The first-order valence-electron chi connectivity index (χ1n) is 3.50. The van der Waals surface area contributed by atoms with Crippen LogP contribution in [0, 0.1) is 5.82 Å². The summed E-state index contributed by atoms with van der Waals surface area (Å²) in [5, 5.41) is 17.8. The standard InChI is InChI=1S/C8H10FNO2/c9-5-2-1-3-7(12)8(5)6(10)4-11/h1-3,6,11-12H,4,10H2/t6-/m0/s1. The number of aliphatic hydroxyl groups excluding tert-OH is 1. The molecule has 1 rings (SSSR count). The van der Waals surface area contributed by atoms with Crippen LogP contribution in [0.2, 0.25) is 0 Å². The molecule has 1 aromatic rings. The normalized spacial score (nSPS) is 12.9. The van der Waals surface area contributed by atoms with E-state index in [-0.39, 0.29) is 11.3 Å². The van der Waals surface area contributed by atoms with E-state index in [9.17, 15) is 4.39 Å². The van der Waals surface area contributed by atoms with Crippen LogP contribution in [0.15, 0.2) is 18.2 Å². The van der Waals surface area contributed by atoms with Crippen molar-refractivity contribution in [1.82, 2.24) is 0 Å². The Bertz CT molecular complexity index is 258. The molecule has 1 atom stereocenters. The minimum atomic E-state index is -0.869. The molecule has 4 heteroatoms. The van der Waals surface area contributed by atoms with Crippen LogP contribution in [0.3, 0.4) is 0 Å².